The maximum Gasteiger partial charge on any atom is 0.356 e. The van der Waals surface area contributed by atoms with Crippen LogP contribution in [0.3, 0.4) is 0 Å². The fraction of sp³-hybridized carbons (Fsp3) is 0.333. The van der Waals surface area contributed by atoms with Gasteiger partial charge in [-0.05, 0) is 43.4 Å². The Morgan fingerprint density at radius 1 is 1.37 bits per heavy atom. The van der Waals surface area contributed by atoms with Crippen LogP contribution < -0.4 is 0 Å². The van der Waals surface area contributed by atoms with Crippen LogP contribution in [-0.2, 0) is 6.42 Å². The first kappa shape index (κ1) is 13.7. The first-order chi connectivity index (χ1) is 9.04. The number of aromatic carboxylic acids is 1. The molecule has 0 atom stereocenters. The first-order valence-corrected chi connectivity index (χ1v) is 7.15. The second kappa shape index (κ2) is 5.53. The van der Waals surface area contributed by atoms with Crippen LogP contribution in [0.1, 0.15) is 40.0 Å². The lowest BCUT2D eigenvalue weighted by Crippen LogP contribution is -2.00. The van der Waals surface area contributed by atoms with E-state index in [4.69, 9.17) is 0 Å². The van der Waals surface area contributed by atoms with E-state index in [1.54, 1.807) is 0 Å². The van der Waals surface area contributed by atoms with E-state index >= 15 is 0 Å². The van der Waals surface area contributed by atoms with Crippen LogP contribution in [0.5, 0.6) is 0 Å². The van der Waals surface area contributed by atoms with Gasteiger partial charge in [0.15, 0.2) is 5.69 Å². The topological polar surface area (TPSA) is 50.2 Å². The molecule has 0 bridgehead atoms. The van der Waals surface area contributed by atoms with E-state index in [1.165, 1.54) is 16.9 Å². The lowest BCUT2D eigenvalue weighted by atomic mass is 10.0. The number of carboxylic acids is 1. The minimum atomic E-state index is -0.950. The Morgan fingerprint density at radius 3 is 2.74 bits per heavy atom. The van der Waals surface area contributed by atoms with Crippen LogP contribution in [0.4, 0.5) is 0 Å². The first-order valence-electron chi connectivity index (χ1n) is 6.34. The Hall–Kier alpha value is -1.68. The summed E-state index contributed by atoms with van der Waals surface area (Å²) in [5.74, 6) is -0.950. The van der Waals surface area contributed by atoms with Gasteiger partial charge in [-0.2, -0.15) is 0 Å². The van der Waals surface area contributed by atoms with Gasteiger partial charge in [-0.15, -0.1) is 11.3 Å². The summed E-state index contributed by atoms with van der Waals surface area (Å²) < 4.78 is 0. The van der Waals surface area contributed by atoms with Crippen LogP contribution >= 0.6 is 11.3 Å². The van der Waals surface area contributed by atoms with Crippen molar-refractivity contribution in [3.05, 3.63) is 40.0 Å². The number of thiazole rings is 1. The molecule has 0 aliphatic carbocycles. The quantitative estimate of drug-likeness (QED) is 0.914. The number of hydrogen-bond donors (Lipinski definition) is 1. The van der Waals surface area contributed by atoms with Gasteiger partial charge in [0.25, 0.3) is 0 Å². The molecule has 1 aromatic heterocycles. The third-order valence-corrected chi connectivity index (χ3v) is 4.34. The predicted molar refractivity (Wildman–Crippen MR) is 78.0 cm³/mol. The second-order valence-corrected chi connectivity index (χ2v) is 5.67. The fourth-order valence-electron chi connectivity index (χ4n) is 2.01. The zero-order valence-electron chi connectivity index (χ0n) is 11.4. The van der Waals surface area contributed by atoms with Gasteiger partial charge in [-0.1, -0.05) is 25.1 Å². The summed E-state index contributed by atoms with van der Waals surface area (Å²) in [5, 5.41) is 10.2. The molecule has 0 saturated carbocycles. The average Bonchev–Trinajstić information content (AvgIpc) is 2.77. The van der Waals surface area contributed by atoms with Crippen molar-refractivity contribution in [2.24, 2.45) is 0 Å². The second-order valence-electron chi connectivity index (χ2n) is 4.59. The third kappa shape index (κ3) is 2.68. The molecule has 0 spiro atoms. The number of aryl methyl sites for hydroxylation is 2. The van der Waals surface area contributed by atoms with Crippen molar-refractivity contribution in [2.75, 3.05) is 0 Å². The number of rotatable bonds is 4. The van der Waals surface area contributed by atoms with E-state index in [0.717, 1.165) is 33.9 Å². The van der Waals surface area contributed by atoms with E-state index in [0.29, 0.717) is 0 Å². The maximum absolute atomic E-state index is 11.4. The summed E-state index contributed by atoms with van der Waals surface area (Å²) in [5.41, 5.74) is 3.45. The van der Waals surface area contributed by atoms with Crippen molar-refractivity contribution in [1.29, 1.82) is 0 Å². The molecule has 0 saturated heterocycles. The van der Waals surface area contributed by atoms with Crippen molar-refractivity contribution >= 4 is 17.3 Å². The van der Waals surface area contributed by atoms with Gasteiger partial charge in [0.2, 0.25) is 0 Å². The fourth-order valence-corrected chi connectivity index (χ4v) is 3.25. The van der Waals surface area contributed by atoms with Crippen LogP contribution in [0.25, 0.3) is 10.4 Å². The van der Waals surface area contributed by atoms with Crippen molar-refractivity contribution in [1.82, 2.24) is 4.98 Å². The summed E-state index contributed by atoms with van der Waals surface area (Å²) in [6, 6.07) is 5.97. The van der Waals surface area contributed by atoms with Gasteiger partial charge in [-0.3, -0.25) is 0 Å². The summed E-state index contributed by atoms with van der Waals surface area (Å²) in [4.78, 5) is 16.4. The number of aromatic nitrogens is 1. The van der Waals surface area contributed by atoms with Gasteiger partial charge in [0.05, 0.1) is 9.88 Å². The van der Waals surface area contributed by atoms with Crippen LogP contribution in [0.2, 0.25) is 0 Å². The van der Waals surface area contributed by atoms with Crippen LogP contribution in [0, 0.1) is 13.8 Å². The maximum atomic E-state index is 11.4. The molecule has 1 heterocycles. The molecule has 0 unspecified atom stereocenters. The molecule has 0 aliphatic rings. The van der Waals surface area contributed by atoms with E-state index in [-0.39, 0.29) is 5.69 Å². The van der Waals surface area contributed by atoms with E-state index < -0.39 is 5.97 Å². The molecule has 0 amide bonds. The highest BCUT2D eigenvalue weighted by Crippen LogP contribution is 2.34. The monoisotopic (exact) mass is 275 g/mol. The number of benzene rings is 1. The van der Waals surface area contributed by atoms with Gasteiger partial charge < -0.3 is 5.11 Å². The van der Waals surface area contributed by atoms with Crippen LogP contribution in [-0.4, -0.2) is 16.1 Å². The van der Waals surface area contributed by atoms with Gasteiger partial charge in [0.1, 0.15) is 0 Å². The zero-order valence-corrected chi connectivity index (χ0v) is 12.2. The predicted octanol–water partition coefficient (Wildman–Crippen LogP) is 4.08. The Labute approximate surface area is 116 Å². The molecule has 2 rings (SSSR count). The summed E-state index contributed by atoms with van der Waals surface area (Å²) in [6.07, 6.45) is 1.80. The average molecular weight is 275 g/mol. The Kier molecular flexibility index (Phi) is 4.00. The van der Waals surface area contributed by atoms with E-state index in [2.05, 4.69) is 11.9 Å². The number of nitrogens with zero attached hydrogens (tertiary/aromatic N) is 1. The number of carbonyl (C=O) groups is 1. The molecule has 1 N–H and O–H groups in total. The zero-order chi connectivity index (χ0) is 14.0. The SMILES string of the molecule is CCCc1nc(C(=O)O)c(-c2cccc(C)c2C)s1. The highest BCUT2D eigenvalue weighted by molar-refractivity contribution is 7.15. The minimum Gasteiger partial charge on any atom is -0.476 e. The van der Waals surface area contributed by atoms with Crippen molar-refractivity contribution in [3.8, 4) is 10.4 Å². The van der Waals surface area contributed by atoms with Crippen molar-refractivity contribution < 1.29 is 9.90 Å². The molecule has 100 valence electrons. The van der Waals surface area contributed by atoms with E-state index in [9.17, 15) is 9.90 Å². The summed E-state index contributed by atoms with van der Waals surface area (Å²) in [6.45, 7) is 6.13. The number of carboxylic acid groups (broad SMARTS) is 1. The highest BCUT2D eigenvalue weighted by Gasteiger charge is 2.19. The lowest BCUT2D eigenvalue weighted by molar-refractivity contribution is 0.0692. The Morgan fingerprint density at radius 2 is 2.11 bits per heavy atom. The molecule has 2 aromatic rings. The third-order valence-electron chi connectivity index (χ3n) is 3.19. The molecule has 1 aromatic carbocycles. The normalized spacial score (nSPS) is 10.7. The molecular weight excluding hydrogens is 258 g/mol. The Balaban J connectivity index is 2.60. The molecular formula is C15H17NO2S. The van der Waals surface area contributed by atoms with Gasteiger partial charge >= 0.3 is 5.97 Å². The summed E-state index contributed by atoms with van der Waals surface area (Å²) in [7, 11) is 0. The molecule has 3 nitrogen and oxygen atoms in total. The lowest BCUT2D eigenvalue weighted by Gasteiger charge is -2.06. The van der Waals surface area contributed by atoms with E-state index in [1.807, 2.05) is 32.0 Å². The molecule has 19 heavy (non-hydrogen) atoms. The number of hydrogen-bond acceptors (Lipinski definition) is 3. The van der Waals surface area contributed by atoms with Gasteiger partial charge in [-0.25, -0.2) is 9.78 Å². The molecule has 4 heteroatoms. The van der Waals surface area contributed by atoms with Crippen molar-refractivity contribution in [2.45, 2.75) is 33.6 Å². The largest absolute Gasteiger partial charge is 0.476 e. The van der Waals surface area contributed by atoms with Crippen LogP contribution in [0.15, 0.2) is 18.2 Å². The standard InChI is InChI=1S/C15H17NO2S/c1-4-6-12-16-13(15(17)18)14(19-12)11-8-5-7-9(2)10(11)3/h5,7-8H,4,6H2,1-3H3,(H,17,18). The summed E-state index contributed by atoms with van der Waals surface area (Å²) >= 11 is 1.50. The minimum absolute atomic E-state index is 0.183. The highest BCUT2D eigenvalue weighted by atomic mass is 32.1. The molecule has 0 fully saturated rings. The van der Waals surface area contributed by atoms with Crippen molar-refractivity contribution in [3.63, 3.8) is 0 Å². The molecule has 0 aliphatic heterocycles. The smallest absolute Gasteiger partial charge is 0.356 e. The Bertz CT molecular complexity index is 617. The molecule has 0 radical (unpaired) electrons. The van der Waals surface area contributed by atoms with Gasteiger partial charge in [0, 0.05) is 0 Å².